The molecule has 1 amide bonds. The smallest absolute Gasteiger partial charge is 0.225 e. The lowest BCUT2D eigenvalue weighted by Crippen LogP contribution is -2.39. The molecule has 0 radical (unpaired) electrons. The Morgan fingerprint density at radius 2 is 2.08 bits per heavy atom. The Labute approximate surface area is 147 Å². The fraction of sp³-hybridized carbons (Fsp3) is 0.444. The zero-order valence-corrected chi connectivity index (χ0v) is 14.6. The van der Waals surface area contributed by atoms with Crippen LogP contribution >= 0.6 is 0 Å². The minimum absolute atomic E-state index is 0.122. The maximum Gasteiger partial charge on any atom is 0.225 e. The van der Waals surface area contributed by atoms with E-state index in [-0.39, 0.29) is 12.0 Å². The predicted molar refractivity (Wildman–Crippen MR) is 94.2 cm³/mol. The molecule has 0 spiro atoms. The highest BCUT2D eigenvalue weighted by atomic mass is 16.5. The SMILES string of the molecule is Cc1cc(C)nc(N2CCOC(c3ccc(CCC(N)=O)cn3)C2)n1. The number of morpholine rings is 1. The van der Waals surface area contributed by atoms with E-state index in [4.69, 9.17) is 10.5 Å². The molecule has 7 nitrogen and oxygen atoms in total. The van der Waals surface area contributed by atoms with Crippen LogP contribution in [-0.2, 0) is 16.0 Å². The third-order valence-corrected chi connectivity index (χ3v) is 4.16. The molecule has 7 heteroatoms. The second-order valence-corrected chi connectivity index (χ2v) is 6.31. The molecular weight excluding hydrogens is 318 g/mol. The van der Waals surface area contributed by atoms with Crippen molar-refractivity contribution in [1.29, 1.82) is 0 Å². The van der Waals surface area contributed by atoms with Crippen LogP contribution in [0.15, 0.2) is 24.4 Å². The minimum Gasteiger partial charge on any atom is -0.370 e. The van der Waals surface area contributed by atoms with Gasteiger partial charge >= 0.3 is 0 Å². The molecule has 2 N–H and O–H groups in total. The highest BCUT2D eigenvalue weighted by molar-refractivity contribution is 5.73. The van der Waals surface area contributed by atoms with Gasteiger partial charge in [0.15, 0.2) is 0 Å². The number of anilines is 1. The number of rotatable bonds is 5. The minimum atomic E-state index is -0.302. The van der Waals surface area contributed by atoms with Crippen LogP contribution in [0.1, 0.15) is 35.2 Å². The molecule has 1 aliphatic heterocycles. The van der Waals surface area contributed by atoms with Gasteiger partial charge in [0.2, 0.25) is 11.9 Å². The van der Waals surface area contributed by atoms with Gasteiger partial charge in [0.25, 0.3) is 0 Å². The van der Waals surface area contributed by atoms with Crippen molar-refractivity contribution < 1.29 is 9.53 Å². The summed E-state index contributed by atoms with van der Waals surface area (Å²) in [5.41, 5.74) is 8.97. The highest BCUT2D eigenvalue weighted by Gasteiger charge is 2.25. The number of carbonyl (C=O) groups is 1. The lowest BCUT2D eigenvalue weighted by Gasteiger charge is -2.32. The fourth-order valence-corrected chi connectivity index (χ4v) is 2.90. The molecular formula is C18H23N5O2. The zero-order chi connectivity index (χ0) is 17.8. The number of nitrogens with two attached hydrogens (primary N) is 1. The summed E-state index contributed by atoms with van der Waals surface area (Å²) in [7, 11) is 0. The van der Waals surface area contributed by atoms with Crippen LogP contribution in [0.5, 0.6) is 0 Å². The third-order valence-electron chi connectivity index (χ3n) is 4.16. The third kappa shape index (κ3) is 4.51. The predicted octanol–water partition coefficient (Wildman–Crippen LogP) is 1.48. The molecule has 25 heavy (non-hydrogen) atoms. The van der Waals surface area contributed by atoms with Gasteiger partial charge in [-0.3, -0.25) is 9.78 Å². The Bertz CT molecular complexity index is 727. The van der Waals surface area contributed by atoms with Crippen LogP contribution in [0.2, 0.25) is 0 Å². The number of nitrogens with zero attached hydrogens (tertiary/aromatic N) is 4. The largest absolute Gasteiger partial charge is 0.370 e. The Balaban J connectivity index is 1.69. The first-order valence-electron chi connectivity index (χ1n) is 8.43. The molecule has 1 unspecified atom stereocenters. The number of aryl methyl sites for hydroxylation is 3. The lowest BCUT2D eigenvalue weighted by molar-refractivity contribution is -0.117. The van der Waals surface area contributed by atoms with Gasteiger partial charge in [-0.1, -0.05) is 6.07 Å². The average Bonchev–Trinajstić information content (AvgIpc) is 2.60. The summed E-state index contributed by atoms with van der Waals surface area (Å²) in [5, 5.41) is 0. The Kier molecular flexibility index (Phi) is 5.23. The molecule has 2 aromatic rings. The van der Waals surface area contributed by atoms with E-state index in [1.165, 1.54) is 0 Å². The number of primary amides is 1. The van der Waals surface area contributed by atoms with Gasteiger partial charge in [-0.2, -0.15) is 0 Å². The first-order chi connectivity index (χ1) is 12.0. The first kappa shape index (κ1) is 17.3. The van der Waals surface area contributed by atoms with Crippen LogP contribution < -0.4 is 10.6 Å². The zero-order valence-electron chi connectivity index (χ0n) is 14.6. The molecule has 0 aromatic carbocycles. The van der Waals surface area contributed by atoms with Gasteiger partial charge in [0, 0.05) is 30.6 Å². The summed E-state index contributed by atoms with van der Waals surface area (Å²) < 4.78 is 5.88. The van der Waals surface area contributed by atoms with E-state index in [0.717, 1.165) is 35.1 Å². The molecule has 3 rings (SSSR count). The van der Waals surface area contributed by atoms with Crippen molar-refractivity contribution in [3.05, 3.63) is 47.0 Å². The maximum atomic E-state index is 10.9. The maximum absolute atomic E-state index is 10.9. The van der Waals surface area contributed by atoms with Crippen molar-refractivity contribution >= 4 is 11.9 Å². The van der Waals surface area contributed by atoms with Crippen molar-refractivity contribution in [2.24, 2.45) is 5.73 Å². The quantitative estimate of drug-likeness (QED) is 0.885. The van der Waals surface area contributed by atoms with Crippen LogP contribution in [-0.4, -0.2) is 40.6 Å². The highest BCUT2D eigenvalue weighted by Crippen LogP contribution is 2.23. The van der Waals surface area contributed by atoms with Crippen LogP contribution in [0, 0.1) is 13.8 Å². The molecule has 132 valence electrons. The van der Waals surface area contributed by atoms with Crippen molar-refractivity contribution in [3.8, 4) is 0 Å². The van der Waals surface area contributed by atoms with Crippen LogP contribution in [0.3, 0.4) is 0 Å². The van der Waals surface area contributed by atoms with Crippen LogP contribution in [0.25, 0.3) is 0 Å². The van der Waals surface area contributed by atoms with E-state index < -0.39 is 0 Å². The van der Waals surface area contributed by atoms with Gasteiger partial charge < -0.3 is 15.4 Å². The average molecular weight is 341 g/mol. The molecule has 0 aliphatic carbocycles. The molecule has 2 aromatic heterocycles. The van der Waals surface area contributed by atoms with Crippen molar-refractivity contribution in [1.82, 2.24) is 15.0 Å². The van der Waals surface area contributed by atoms with Gasteiger partial charge in [0.05, 0.1) is 18.8 Å². The standard InChI is InChI=1S/C18H23N5O2/c1-12-9-13(2)22-18(21-12)23-7-8-25-16(11-23)15-5-3-14(10-20-15)4-6-17(19)24/h3,5,9-10,16H,4,6-8,11H2,1-2H3,(H2,19,24). The summed E-state index contributed by atoms with van der Waals surface area (Å²) in [4.78, 5) is 26.6. The summed E-state index contributed by atoms with van der Waals surface area (Å²) in [5.74, 6) is 0.438. The van der Waals surface area contributed by atoms with E-state index in [1.54, 1.807) is 6.20 Å². The number of hydrogen-bond acceptors (Lipinski definition) is 6. The monoisotopic (exact) mass is 341 g/mol. The molecule has 1 aliphatic rings. The van der Waals surface area contributed by atoms with Crippen molar-refractivity contribution in [3.63, 3.8) is 0 Å². The van der Waals surface area contributed by atoms with Gasteiger partial charge in [-0.25, -0.2) is 9.97 Å². The number of amides is 1. The summed E-state index contributed by atoms with van der Waals surface area (Å²) in [6.45, 7) is 5.98. The normalized spacial score (nSPS) is 17.5. The Morgan fingerprint density at radius 3 is 2.72 bits per heavy atom. The second-order valence-electron chi connectivity index (χ2n) is 6.31. The van der Waals surface area contributed by atoms with E-state index in [2.05, 4.69) is 19.9 Å². The first-order valence-corrected chi connectivity index (χ1v) is 8.43. The molecule has 1 saturated heterocycles. The second kappa shape index (κ2) is 7.57. The topological polar surface area (TPSA) is 94.2 Å². The molecule has 0 saturated carbocycles. The number of ether oxygens (including phenoxy) is 1. The molecule has 0 bridgehead atoms. The molecule has 1 atom stereocenters. The Morgan fingerprint density at radius 1 is 1.32 bits per heavy atom. The van der Waals surface area contributed by atoms with Gasteiger partial charge in [-0.15, -0.1) is 0 Å². The number of aromatic nitrogens is 3. The number of hydrogen-bond donors (Lipinski definition) is 1. The fourth-order valence-electron chi connectivity index (χ4n) is 2.90. The summed E-state index contributed by atoms with van der Waals surface area (Å²) in [6.07, 6.45) is 2.60. The van der Waals surface area contributed by atoms with Crippen molar-refractivity contribution in [2.45, 2.75) is 32.8 Å². The van der Waals surface area contributed by atoms with Crippen molar-refractivity contribution in [2.75, 3.05) is 24.6 Å². The Hall–Kier alpha value is -2.54. The molecule has 1 fully saturated rings. The van der Waals surface area contributed by atoms with E-state index >= 15 is 0 Å². The van der Waals surface area contributed by atoms with Gasteiger partial charge in [-0.05, 0) is 38.0 Å². The van der Waals surface area contributed by atoms with E-state index in [9.17, 15) is 4.79 Å². The summed E-state index contributed by atoms with van der Waals surface area (Å²) >= 11 is 0. The number of carbonyl (C=O) groups excluding carboxylic acids is 1. The van der Waals surface area contributed by atoms with Crippen LogP contribution in [0.4, 0.5) is 5.95 Å². The number of pyridine rings is 1. The summed E-state index contributed by atoms with van der Waals surface area (Å²) in [6, 6.07) is 5.89. The van der Waals surface area contributed by atoms with E-state index in [1.807, 2.05) is 32.0 Å². The van der Waals surface area contributed by atoms with E-state index in [0.29, 0.717) is 26.0 Å². The van der Waals surface area contributed by atoms with Gasteiger partial charge in [0.1, 0.15) is 6.10 Å². The molecule has 3 heterocycles. The lowest BCUT2D eigenvalue weighted by atomic mass is 10.1.